The van der Waals surface area contributed by atoms with Gasteiger partial charge in [-0.15, -0.1) is 0 Å². The van der Waals surface area contributed by atoms with E-state index in [0.717, 1.165) is 0 Å². The first-order valence-electron chi connectivity index (χ1n) is 6.70. The lowest BCUT2D eigenvalue weighted by Gasteiger charge is -2.09. The van der Waals surface area contributed by atoms with Crippen molar-refractivity contribution in [1.29, 1.82) is 5.26 Å². The molecule has 0 aliphatic heterocycles. The van der Waals surface area contributed by atoms with E-state index in [1.165, 1.54) is 30.5 Å². The predicted molar refractivity (Wildman–Crippen MR) is 88.5 cm³/mol. The first-order chi connectivity index (χ1) is 11.0. The maximum atomic E-state index is 12.8. The van der Waals surface area contributed by atoms with Gasteiger partial charge in [-0.3, -0.25) is 4.79 Å². The number of nitriles is 1. The molecule has 2 rings (SSSR count). The van der Waals surface area contributed by atoms with Crippen molar-refractivity contribution in [3.8, 4) is 6.07 Å². The Bertz CT molecular complexity index is 794. The minimum Gasteiger partial charge on any atom is -0.360 e. The summed E-state index contributed by atoms with van der Waals surface area (Å²) in [5.41, 5.74) is 1.69. The monoisotopic (exact) mass is 329 g/mol. The van der Waals surface area contributed by atoms with Crippen LogP contribution in [-0.4, -0.2) is 5.91 Å². The largest absolute Gasteiger partial charge is 0.360 e. The van der Waals surface area contributed by atoms with Crippen LogP contribution in [0.2, 0.25) is 5.02 Å². The van der Waals surface area contributed by atoms with Crippen LogP contribution in [-0.2, 0) is 4.79 Å². The topological polar surface area (TPSA) is 64.9 Å². The fraction of sp³-hybridized carbons (Fsp3) is 0.0588. The third-order valence-electron chi connectivity index (χ3n) is 3.11. The molecule has 2 N–H and O–H groups in total. The van der Waals surface area contributed by atoms with Crippen LogP contribution in [0.1, 0.15) is 5.56 Å². The Kier molecular flexibility index (Phi) is 5.34. The van der Waals surface area contributed by atoms with Crippen molar-refractivity contribution < 1.29 is 9.18 Å². The highest BCUT2D eigenvalue weighted by atomic mass is 35.5. The molecule has 0 fully saturated rings. The molecule has 6 heteroatoms. The molecule has 0 saturated carbocycles. The fourth-order valence-corrected chi connectivity index (χ4v) is 1.96. The van der Waals surface area contributed by atoms with E-state index in [-0.39, 0.29) is 11.4 Å². The molecule has 4 nitrogen and oxygen atoms in total. The number of anilines is 2. The lowest BCUT2D eigenvalue weighted by molar-refractivity contribution is -0.112. The summed E-state index contributed by atoms with van der Waals surface area (Å²) in [5, 5.41) is 15.0. The summed E-state index contributed by atoms with van der Waals surface area (Å²) in [6, 6.07) is 12.5. The second-order valence-electron chi connectivity index (χ2n) is 4.69. The number of halogens is 2. The van der Waals surface area contributed by atoms with Crippen LogP contribution in [0.5, 0.6) is 0 Å². The van der Waals surface area contributed by atoms with Crippen molar-refractivity contribution in [3.05, 3.63) is 70.6 Å². The van der Waals surface area contributed by atoms with Gasteiger partial charge in [0.2, 0.25) is 0 Å². The Morgan fingerprint density at radius 2 is 1.96 bits per heavy atom. The highest BCUT2D eigenvalue weighted by Gasteiger charge is 2.11. The first-order valence-corrected chi connectivity index (χ1v) is 7.08. The number of carbonyl (C=O) groups is 1. The van der Waals surface area contributed by atoms with Gasteiger partial charge in [-0.2, -0.15) is 5.26 Å². The molecule has 116 valence electrons. The van der Waals surface area contributed by atoms with Crippen molar-refractivity contribution in [2.75, 3.05) is 10.6 Å². The number of nitrogens with zero attached hydrogens (tertiary/aromatic N) is 1. The predicted octanol–water partition coefficient (Wildman–Crippen LogP) is 4.25. The second-order valence-corrected chi connectivity index (χ2v) is 5.09. The van der Waals surface area contributed by atoms with E-state index in [1.807, 2.05) is 6.07 Å². The van der Waals surface area contributed by atoms with E-state index in [2.05, 4.69) is 10.6 Å². The molecule has 0 atom stereocenters. The molecular formula is C17H13ClFN3O. The molecule has 2 aromatic rings. The fourth-order valence-electron chi connectivity index (χ4n) is 1.78. The number of amides is 1. The number of benzene rings is 2. The Labute approximate surface area is 138 Å². The third kappa shape index (κ3) is 4.31. The van der Waals surface area contributed by atoms with Crippen LogP contribution in [0, 0.1) is 24.1 Å². The summed E-state index contributed by atoms with van der Waals surface area (Å²) in [7, 11) is 0. The normalized spacial score (nSPS) is 10.8. The van der Waals surface area contributed by atoms with Gasteiger partial charge in [0, 0.05) is 22.6 Å². The lowest BCUT2D eigenvalue weighted by atomic mass is 10.2. The van der Waals surface area contributed by atoms with Gasteiger partial charge in [0.05, 0.1) is 0 Å². The summed E-state index contributed by atoms with van der Waals surface area (Å²) in [5.74, 6) is -0.929. The molecule has 0 bridgehead atoms. The zero-order valence-corrected chi connectivity index (χ0v) is 13.0. The maximum Gasteiger partial charge on any atom is 0.267 e. The van der Waals surface area contributed by atoms with E-state index in [4.69, 9.17) is 16.9 Å². The first kappa shape index (κ1) is 16.5. The molecule has 23 heavy (non-hydrogen) atoms. The van der Waals surface area contributed by atoms with E-state index in [1.54, 1.807) is 25.1 Å². The molecule has 0 unspecified atom stereocenters. The van der Waals surface area contributed by atoms with E-state index in [9.17, 15) is 9.18 Å². The summed E-state index contributed by atoms with van der Waals surface area (Å²) >= 11 is 5.99. The van der Waals surface area contributed by atoms with Crippen molar-refractivity contribution in [3.63, 3.8) is 0 Å². The van der Waals surface area contributed by atoms with Crippen LogP contribution in [0.3, 0.4) is 0 Å². The van der Waals surface area contributed by atoms with Gasteiger partial charge in [-0.1, -0.05) is 17.7 Å². The summed E-state index contributed by atoms with van der Waals surface area (Å²) in [6.45, 7) is 1.77. The maximum absolute atomic E-state index is 12.8. The molecule has 1 amide bonds. The minimum atomic E-state index is -0.563. The Hall–Kier alpha value is -2.84. The number of nitrogens with one attached hydrogen (secondary N) is 2. The minimum absolute atomic E-state index is 0.117. The van der Waals surface area contributed by atoms with Crippen molar-refractivity contribution in [2.24, 2.45) is 0 Å². The molecule has 0 saturated heterocycles. The molecule has 0 aliphatic rings. The molecule has 2 aromatic carbocycles. The van der Waals surface area contributed by atoms with Gasteiger partial charge in [-0.05, 0) is 48.9 Å². The molecule has 0 radical (unpaired) electrons. The SMILES string of the molecule is Cc1c(Cl)cccc1NC(=O)/C(C#N)=C\Nc1ccc(F)cc1. The Balaban J connectivity index is 2.12. The van der Waals surface area contributed by atoms with E-state index >= 15 is 0 Å². The summed E-state index contributed by atoms with van der Waals surface area (Å²) < 4.78 is 12.8. The van der Waals surface area contributed by atoms with Gasteiger partial charge in [0.15, 0.2) is 0 Å². The molecule has 0 spiro atoms. The number of hydrogen-bond acceptors (Lipinski definition) is 3. The quantitative estimate of drug-likeness (QED) is 0.651. The number of hydrogen-bond donors (Lipinski definition) is 2. The lowest BCUT2D eigenvalue weighted by Crippen LogP contribution is -2.15. The van der Waals surface area contributed by atoms with Gasteiger partial charge in [0.25, 0.3) is 5.91 Å². The van der Waals surface area contributed by atoms with Crippen molar-refractivity contribution in [2.45, 2.75) is 6.92 Å². The Morgan fingerprint density at radius 3 is 2.61 bits per heavy atom. The highest BCUT2D eigenvalue weighted by molar-refractivity contribution is 6.31. The average Bonchev–Trinajstić information content (AvgIpc) is 2.54. The van der Waals surface area contributed by atoms with Crippen LogP contribution in [0.15, 0.2) is 54.2 Å². The van der Waals surface area contributed by atoms with Gasteiger partial charge < -0.3 is 10.6 Å². The Morgan fingerprint density at radius 1 is 1.26 bits per heavy atom. The van der Waals surface area contributed by atoms with E-state index in [0.29, 0.717) is 22.0 Å². The second kappa shape index (κ2) is 7.43. The molecule has 0 aliphatic carbocycles. The average molecular weight is 330 g/mol. The molecular weight excluding hydrogens is 317 g/mol. The third-order valence-corrected chi connectivity index (χ3v) is 3.52. The van der Waals surface area contributed by atoms with Crippen LogP contribution in [0.4, 0.5) is 15.8 Å². The summed E-state index contributed by atoms with van der Waals surface area (Å²) in [4.78, 5) is 12.1. The highest BCUT2D eigenvalue weighted by Crippen LogP contribution is 2.23. The van der Waals surface area contributed by atoms with Crippen molar-refractivity contribution >= 4 is 28.9 Å². The smallest absolute Gasteiger partial charge is 0.267 e. The van der Waals surface area contributed by atoms with Crippen LogP contribution in [0.25, 0.3) is 0 Å². The molecule has 0 heterocycles. The molecule has 0 aromatic heterocycles. The van der Waals surface area contributed by atoms with Crippen molar-refractivity contribution in [1.82, 2.24) is 0 Å². The van der Waals surface area contributed by atoms with Gasteiger partial charge in [-0.25, -0.2) is 4.39 Å². The zero-order valence-electron chi connectivity index (χ0n) is 12.2. The van der Waals surface area contributed by atoms with Gasteiger partial charge in [0.1, 0.15) is 17.5 Å². The van der Waals surface area contributed by atoms with Crippen LogP contribution < -0.4 is 10.6 Å². The number of carbonyl (C=O) groups excluding carboxylic acids is 1. The van der Waals surface area contributed by atoms with Gasteiger partial charge >= 0.3 is 0 Å². The van der Waals surface area contributed by atoms with E-state index < -0.39 is 5.91 Å². The number of rotatable bonds is 4. The standard InChI is InChI=1S/C17H13ClFN3O/c1-11-15(18)3-2-4-16(11)22-17(23)12(9-20)10-21-14-7-5-13(19)6-8-14/h2-8,10,21H,1H3,(H,22,23)/b12-10-. The van der Waals surface area contributed by atoms with Crippen LogP contribution >= 0.6 is 11.6 Å². The summed E-state index contributed by atoms with van der Waals surface area (Å²) in [6.07, 6.45) is 1.27. The zero-order chi connectivity index (χ0) is 16.8.